The predicted octanol–water partition coefficient (Wildman–Crippen LogP) is -1.38. The molecule has 0 atom stereocenters. The van der Waals surface area contributed by atoms with Gasteiger partial charge in [0.25, 0.3) is 0 Å². The maximum absolute atomic E-state index is 11.0. The average molecular weight is 188 g/mol. The van der Waals surface area contributed by atoms with E-state index in [0.29, 0.717) is 13.1 Å². The van der Waals surface area contributed by atoms with Crippen LogP contribution in [0.5, 0.6) is 0 Å². The first-order valence-electron chi connectivity index (χ1n) is 4.14. The van der Waals surface area contributed by atoms with Crippen LogP contribution in [-0.4, -0.2) is 55.0 Å². The molecule has 0 radical (unpaired) electrons. The highest BCUT2D eigenvalue weighted by molar-refractivity contribution is 5.85. The van der Waals surface area contributed by atoms with Crippen LogP contribution in [0.4, 0.5) is 0 Å². The molecule has 0 fully saturated rings. The number of nitrogens with one attached hydrogen (secondary N) is 1. The number of carbonyl (C=O) groups is 2. The van der Waals surface area contributed by atoms with E-state index in [1.54, 1.807) is 7.05 Å². The first-order valence-corrected chi connectivity index (χ1v) is 4.14. The van der Waals surface area contributed by atoms with Gasteiger partial charge in [-0.25, -0.2) is 0 Å². The van der Waals surface area contributed by atoms with Crippen molar-refractivity contribution >= 4 is 11.7 Å². The zero-order valence-corrected chi connectivity index (χ0v) is 8.04. The molecule has 0 aromatic heterocycles. The predicted molar refractivity (Wildman–Crippen MR) is 48.3 cm³/mol. The van der Waals surface area contributed by atoms with Crippen LogP contribution in [-0.2, 0) is 9.59 Å². The van der Waals surface area contributed by atoms with Crippen LogP contribution in [0.1, 0.15) is 6.92 Å². The number of hydrogen-bond acceptors (Lipinski definition) is 4. The second kappa shape index (κ2) is 6.56. The smallest absolute Gasteiger partial charge is 0.248 e. The third kappa shape index (κ3) is 5.32. The van der Waals surface area contributed by atoms with Crippen LogP contribution in [0.2, 0.25) is 0 Å². The lowest BCUT2D eigenvalue weighted by molar-refractivity contribution is -0.137. The van der Waals surface area contributed by atoms with Gasteiger partial charge in [-0.15, -0.1) is 0 Å². The molecular weight excluding hydrogens is 172 g/mol. The second-order valence-corrected chi connectivity index (χ2v) is 2.78. The van der Waals surface area contributed by atoms with E-state index in [0.717, 1.165) is 0 Å². The van der Waals surface area contributed by atoms with Gasteiger partial charge in [-0.1, -0.05) is 0 Å². The Kier molecular flexibility index (Phi) is 6.09. The van der Waals surface area contributed by atoms with Crippen LogP contribution in [0.15, 0.2) is 0 Å². The van der Waals surface area contributed by atoms with Gasteiger partial charge in [0.15, 0.2) is 0 Å². The molecule has 2 N–H and O–H groups in total. The molecule has 0 aliphatic rings. The van der Waals surface area contributed by atoms with Gasteiger partial charge < -0.3 is 15.3 Å². The van der Waals surface area contributed by atoms with Crippen molar-refractivity contribution in [2.75, 3.05) is 33.3 Å². The van der Waals surface area contributed by atoms with Crippen LogP contribution < -0.4 is 5.32 Å². The Labute approximate surface area is 77.7 Å². The summed E-state index contributed by atoms with van der Waals surface area (Å²) < 4.78 is 0. The van der Waals surface area contributed by atoms with Crippen molar-refractivity contribution in [2.45, 2.75) is 6.92 Å². The number of nitrogens with zero attached hydrogens (tertiary/aromatic N) is 1. The summed E-state index contributed by atoms with van der Waals surface area (Å²) in [5.74, 6) is -0.497. The van der Waals surface area contributed by atoms with Crippen molar-refractivity contribution in [1.82, 2.24) is 10.2 Å². The lowest BCUT2D eigenvalue weighted by atomic mass is 10.3. The molecule has 0 rings (SSSR count). The van der Waals surface area contributed by atoms with E-state index < -0.39 is 12.5 Å². The van der Waals surface area contributed by atoms with Crippen molar-refractivity contribution in [3.05, 3.63) is 0 Å². The van der Waals surface area contributed by atoms with Gasteiger partial charge >= 0.3 is 0 Å². The van der Waals surface area contributed by atoms with Crippen molar-refractivity contribution < 1.29 is 14.7 Å². The highest BCUT2D eigenvalue weighted by Gasteiger charge is 2.12. The molecule has 0 aliphatic heterocycles. The molecule has 0 aromatic rings. The molecule has 0 bridgehead atoms. The van der Waals surface area contributed by atoms with Gasteiger partial charge in [-0.05, 0) is 14.0 Å². The topological polar surface area (TPSA) is 69.6 Å². The fraction of sp³-hybridized carbons (Fsp3) is 0.750. The molecule has 1 amide bonds. The summed E-state index contributed by atoms with van der Waals surface area (Å²) in [6.07, 6.45) is 0. The zero-order valence-electron chi connectivity index (χ0n) is 8.04. The molecule has 0 heterocycles. The van der Waals surface area contributed by atoms with Crippen LogP contribution in [0, 0.1) is 0 Å². The Hall–Kier alpha value is -0.940. The molecular formula is C8H16N2O3. The number of Topliss-reactive ketones (excluding diaryl/α,β-unsaturated/α-hetero) is 1. The lowest BCUT2D eigenvalue weighted by Crippen LogP contribution is -2.40. The maximum atomic E-state index is 11.0. The molecule has 0 aromatic carbocycles. The minimum absolute atomic E-state index is 0.0705. The standard InChI is InChI=1S/C8H16N2O3/c1-7(12)5-10(4-3-9-2)8(13)6-11/h9,11H,3-6H2,1-2H3. The number of rotatable bonds is 6. The summed E-state index contributed by atoms with van der Waals surface area (Å²) in [5, 5.41) is 11.5. The van der Waals surface area contributed by atoms with Crippen molar-refractivity contribution in [1.29, 1.82) is 0 Å². The fourth-order valence-electron chi connectivity index (χ4n) is 0.907. The van der Waals surface area contributed by atoms with Gasteiger partial charge in [0.2, 0.25) is 5.91 Å². The molecule has 76 valence electrons. The van der Waals surface area contributed by atoms with Gasteiger partial charge in [0.1, 0.15) is 12.4 Å². The number of aliphatic hydroxyl groups is 1. The highest BCUT2D eigenvalue weighted by Crippen LogP contribution is 1.89. The largest absolute Gasteiger partial charge is 0.387 e. The molecule has 5 heteroatoms. The third-order valence-corrected chi connectivity index (χ3v) is 1.53. The van der Waals surface area contributed by atoms with E-state index in [-0.39, 0.29) is 12.3 Å². The molecule has 13 heavy (non-hydrogen) atoms. The maximum Gasteiger partial charge on any atom is 0.248 e. The van der Waals surface area contributed by atoms with Crippen molar-refractivity contribution in [3.8, 4) is 0 Å². The summed E-state index contributed by atoms with van der Waals surface area (Å²) in [4.78, 5) is 23.1. The summed E-state index contributed by atoms with van der Waals surface area (Å²) in [6, 6.07) is 0. The summed E-state index contributed by atoms with van der Waals surface area (Å²) >= 11 is 0. The number of amides is 1. The third-order valence-electron chi connectivity index (χ3n) is 1.53. The Balaban J connectivity index is 4.02. The molecule has 0 aliphatic carbocycles. The highest BCUT2D eigenvalue weighted by atomic mass is 16.3. The minimum Gasteiger partial charge on any atom is -0.387 e. The quantitative estimate of drug-likeness (QED) is 0.539. The second-order valence-electron chi connectivity index (χ2n) is 2.78. The van der Waals surface area contributed by atoms with Crippen molar-refractivity contribution in [3.63, 3.8) is 0 Å². The minimum atomic E-state index is -0.545. The number of likely N-dealkylation sites (N-methyl/N-ethyl adjacent to an activating group) is 1. The molecule has 0 unspecified atom stereocenters. The number of aliphatic hydroxyl groups excluding tert-OH is 1. The summed E-state index contributed by atoms with van der Waals surface area (Å²) in [5.41, 5.74) is 0. The molecule has 0 saturated carbocycles. The van der Waals surface area contributed by atoms with E-state index in [1.807, 2.05) is 0 Å². The van der Waals surface area contributed by atoms with Gasteiger partial charge in [0, 0.05) is 13.1 Å². The van der Waals surface area contributed by atoms with E-state index >= 15 is 0 Å². The molecule has 0 spiro atoms. The SMILES string of the molecule is CNCCN(CC(C)=O)C(=O)CO. The Morgan fingerprint density at radius 3 is 2.46 bits per heavy atom. The van der Waals surface area contributed by atoms with E-state index in [1.165, 1.54) is 11.8 Å². The van der Waals surface area contributed by atoms with E-state index in [2.05, 4.69) is 5.32 Å². The van der Waals surface area contributed by atoms with E-state index in [4.69, 9.17) is 5.11 Å². The van der Waals surface area contributed by atoms with Gasteiger partial charge in [-0.3, -0.25) is 9.59 Å². The van der Waals surface area contributed by atoms with Crippen LogP contribution in [0.3, 0.4) is 0 Å². The molecule has 0 saturated heterocycles. The number of ketones is 1. The zero-order chi connectivity index (χ0) is 10.3. The first-order chi connectivity index (χ1) is 6.11. The van der Waals surface area contributed by atoms with Crippen LogP contribution >= 0.6 is 0 Å². The molecule has 5 nitrogen and oxygen atoms in total. The van der Waals surface area contributed by atoms with Gasteiger partial charge in [-0.2, -0.15) is 0 Å². The monoisotopic (exact) mass is 188 g/mol. The Morgan fingerprint density at radius 1 is 1.46 bits per heavy atom. The fourth-order valence-corrected chi connectivity index (χ4v) is 0.907. The van der Waals surface area contributed by atoms with Gasteiger partial charge in [0.05, 0.1) is 6.54 Å². The first kappa shape index (κ1) is 12.1. The van der Waals surface area contributed by atoms with E-state index in [9.17, 15) is 9.59 Å². The number of carbonyl (C=O) groups excluding carboxylic acids is 2. The lowest BCUT2D eigenvalue weighted by Gasteiger charge is -2.19. The summed E-state index contributed by atoms with van der Waals surface area (Å²) in [6.45, 7) is 1.99. The average Bonchev–Trinajstić information content (AvgIpc) is 2.10. The van der Waals surface area contributed by atoms with Crippen LogP contribution in [0.25, 0.3) is 0 Å². The number of hydrogen-bond donors (Lipinski definition) is 2. The Bertz CT molecular complexity index is 182. The summed E-state index contributed by atoms with van der Waals surface area (Å²) in [7, 11) is 1.76. The Morgan fingerprint density at radius 2 is 2.08 bits per heavy atom. The normalized spacial score (nSPS) is 9.77. The van der Waals surface area contributed by atoms with Crippen molar-refractivity contribution in [2.24, 2.45) is 0 Å².